The largest absolute Gasteiger partial charge is 0.493 e. The summed E-state index contributed by atoms with van der Waals surface area (Å²) >= 11 is 0. The van der Waals surface area contributed by atoms with Crippen molar-refractivity contribution in [2.24, 2.45) is 7.05 Å². The standard InChI is InChI=1S/C16H20N2O6/c1-8(16(20)21)17-15(19)10-6-9-7-11(22-3)13(23-4)14(24-5)12(9)18(10)2/h6-8H,1-5H3,(H,17,19)(H,20,21)/t8-/m0/s1. The molecule has 0 aliphatic rings. The van der Waals surface area contributed by atoms with Gasteiger partial charge >= 0.3 is 5.97 Å². The average Bonchev–Trinajstić information content (AvgIpc) is 2.89. The lowest BCUT2D eigenvalue weighted by Gasteiger charge is -2.14. The molecule has 1 amide bonds. The summed E-state index contributed by atoms with van der Waals surface area (Å²) in [5.41, 5.74) is 0.940. The highest BCUT2D eigenvalue weighted by Gasteiger charge is 2.23. The molecule has 0 aliphatic carbocycles. The third kappa shape index (κ3) is 2.82. The smallest absolute Gasteiger partial charge is 0.325 e. The van der Waals surface area contributed by atoms with E-state index < -0.39 is 17.9 Å². The number of hydrogen-bond acceptors (Lipinski definition) is 5. The van der Waals surface area contributed by atoms with Crippen molar-refractivity contribution in [2.45, 2.75) is 13.0 Å². The number of fused-ring (bicyclic) bond motifs is 1. The second kappa shape index (κ2) is 6.69. The van der Waals surface area contributed by atoms with Crippen LogP contribution in [0.4, 0.5) is 0 Å². The molecule has 0 fully saturated rings. The first-order valence-electron chi connectivity index (χ1n) is 7.17. The fourth-order valence-corrected chi connectivity index (χ4v) is 2.53. The number of rotatable bonds is 6. The third-order valence-corrected chi connectivity index (χ3v) is 3.77. The van der Waals surface area contributed by atoms with E-state index >= 15 is 0 Å². The van der Waals surface area contributed by atoms with Gasteiger partial charge in [0, 0.05) is 12.4 Å². The van der Waals surface area contributed by atoms with Crippen molar-refractivity contribution in [1.82, 2.24) is 9.88 Å². The van der Waals surface area contributed by atoms with Gasteiger partial charge in [-0.05, 0) is 19.1 Å². The topological polar surface area (TPSA) is 99.0 Å². The molecule has 0 saturated heterocycles. The van der Waals surface area contributed by atoms with Crippen molar-refractivity contribution >= 4 is 22.8 Å². The molecule has 0 unspecified atom stereocenters. The minimum atomic E-state index is -1.11. The lowest BCUT2D eigenvalue weighted by atomic mass is 10.2. The minimum absolute atomic E-state index is 0.298. The molecule has 2 aromatic rings. The number of carboxylic acid groups (broad SMARTS) is 1. The zero-order valence-electron chi connectivity index (χ0n) is 14.2. The molecule has 8 nitrogen and oxygen atoms in total. The molecular weight excluding hydrogens is 316 g/mol. The molecule has 2 rings (SSSR count). The van der Waals surface area contributed by atoms with Gasteiger partial charge in [0.2, 0.25) is 5.75 Å². The van der Waals surface area contributed by atoms with E-state index in [0.29, 0.717) is 33.8 Å². The zero-order valence-corrected chi connectivity index (χ0v) is 14.2. The molecule has 0 saturated carbocycles. The number of nitrogens with zero attached hydrogens (tertiary/aromatic N) is 1. The van der Waals surface area contributed by atoms with E-state index in [1.165, 1.54) is 28.3 Å². The molecule has 1 heterocycles. The van der Waals surface area contributed by atoms with Crippen LogP contribution in [0.5, 0.6) is 17.2 Å². The number of methoxy groups -OCH3 is 3. The highest BCUT2D eigenvalue weighted by Crippen LogP contribution is 2.44. The van der Waals surface area contributed by atoms with Gasteiger partial charge in [0.05, 0.1) is 26.8 Å². The van der Waals surface area contributed by atoms with Crippen molar-refractivity contribution < 1.29 is 28.9 Å². The van der Waals surface area contributed by atoms with E-state index in [2.05, 4.69) is 5.32 Å². The van der Waals surface area contributed by atoms with Crippen LogP contribution >= 0.6 is 0 Å². The Morgan fingerprint density at radius 2 is 1.75 bits per heavy atom. The van der Waals surface area contributed by atoms with E-state index in [-0.39, 0.29) is 0 Å². The number of aryl methyl sites for hydroxylation is 1. The third-order valence-electron chi connectivity index (χ3n) is 3.77. The number of carbonyl (C=O) groups is 2. The number of ether oxygens (including phenoxy) is 3. The second-order valence-corrected chi connectivity index (χ2v) is 5.21. The zero-order chi connectivity index (χ0) is 18.0. The average molecular weight is 336 g/mol. The molecule has 0 aliphatic heterocycles. The van der Waals surface area contributed by atoms with Gasteiger partial charge in [0.15, 0.2) is 11.5 Å². The molecule has 1 aromatic heterocycles. The highest BCUT2D eigenvalue weighted by molar-refractivity contribution is 6.02. The van der Waals surface area contributed by atoms with E-state index in [1.54, 1.807) is 23.7 Å². The molecule has 1 atom stereocenters. The lowest BCUT2D eigenvalue weighted by Crippen LogP contribution is -2.39. The van der Waals surface area contributed by atoms with Crippen LogP contribution in [0.15, 0.2) is 12.1 Å². The van der Waals surface area contributed by atoms with Gasteiger partial charge in [-0.15, -0.1) is 0 Å². The number of carboxylic acids is 1. The van der Waals surface area contributed by atoms with Crippen LogP contribution in [0.3, 0.4) is 0 Å². The van der Waals surface area contributed by atoms with E-state index in [0.717, 1.165) is 0 Å². The van der Waals surface area contributed by atoms with Crippen molar-refractivity contribution in [2.75, 3.05) is 21.3 Å². The van der Waals surface area contributed by atoms with E-state index in [4.69, 9.17) is 19.3 Å². The van der Waals surface area contributed by atoms with Gasteiger partial charge in [-0.1, -0.05) is 0 Å². The number of aromatic nitrogens is 1. The number of nitrogens with one attached hydrogen (secondary N) is 1. The Bertz CT molecular complexity index is 796. The second-order valence-electron chi connectivity index (χ2n) is 5.21. The first kappa shape index (κ1) is 17.5. The predicted molar refractivity (Wildman–Crippen MR) is 87.1 cm³/mol. The number of amides is 1. The van der Waals surface area contributed by atoms with Gasteiger partial charge in [0.1, 0.15) is 11.7 Å². The SMILES string of the molecule is COc1cc2cc(C(=O)N[C@@H](C)C(=O)O)n(C)c2c(OC)c1OC. The molecule has 1 aromatic carbocycles. The van der Waals surface area contributed by atoms with Gasteiger partial charge in [-0.2, -0.15) is 0 Å². The summed E-state index contributed by atoms with van der Waals surface area (Å²) in [7, 11) is 6.19. The molecule has 130 valence electrons. The van der Waals surface area contributed by atoms with Gasteiger partial charge in [-0.25, -0.2) is 0 Å². The fraction of sp³-hybridized carbons (Fsp3) is 0.375. The summed E-state index contributed by atoms with van der Waals surface area (Å²) in [5.74, 6) is -0.288. The number of benzene rings is 1. The Hall–Kier alpha value is -2.90. The van der Waals surface area contributed by atoms with Crippen molar-refractivity contribution in [3.8, 4) is 17.2 Å². The molecular formula is C16H20N2O6. The van der Waals surface area contributed by atoms with E-state index in [1.807, 2.05) is 0 Å². The summed E-state index contributed by atoms with van der Waals surface area (Å²) in [6.07, 6.45) is 0. The van der Waals surface area contributed by atoms with Crippen molar-refractivity contribution in [3.05, 3.63) is 17.8 Å². The summed E-state index contributed by atoms with van der Waals surface area (Å²) in [4.78, 5) is 23.3. The summed E-state index contributed by atoms with van der Waals surface area (Å²) in [6, 6.07) is 2.37. The van der Waals surface area contributed by atoms with Gasteiger partial charge in [-0.3, -0.25) is 9.59 Å². The number of aliphatic carboxylic acids is 1. The van der Waals surface area contributed by atoms with Gasteiger partial charge in [0.25, 0.3) is 5.91 Å². The maximum Gasteiger partial charge on any atom is 0.325 e. The Kier molecular flexibility index (Phi) is 4.87. The summed E-state index contributed by atoms with van der Waals surface area (Å²) in [5, 5.41) is 12.1. The number of hydrogen-bond donors (Lipinski definition) is 2. The normalized spacial score (nSPS) is 11.9. The van der Waals surface area contributed by atoms with Crippen LogP contribution in [0.1, 0.15) is 17.4 Å². The van der Waals surface area contributed by atoms with Crippen LogP contribution in [-0.4, -0.2) is 48.9 Å². The maximum atomic E-state index is 12.4. The Balaban J connectivity index is 2.61. The van der Waals surface area contributed by atoms with E-state index in [9.17, 15) is 9.59 Å². The van der Waals surface area contributed by atoms with Crippen molar-refractivity contribution in [3.63, 3.8) is 0 Å². The maximum absolute atomic E-state index is 12.4. The molecule has 8 heteroatoms. The molecule has 0 spiro atoms. The number of carbonyl (C=O) groups excluding carboxylic acids is 1. The fourth-order valence-electron chi connectivity index (χ4n) is 2.53. The van der Waals surface area contributed by atoms with Crippen molar-refractivity contribution in [1.29, 1.82) is 0 Å². The summed E-state index contributed by atoms with van der Waals surface area (Å²) < 4.78 is 17.7. The van der Waals surface area contributed by atoms with Gasteiger partial charge < -0.3 is 29.2 Å². The predicted octanol–water partition coefficient (Wildman–Crippen LogP) is 1.41. The molecule has 24 heavy (non-hydrogen) atoms. The Morgan fingerprint density at radius 3 is 2.25 bits per heavy atom. The molecule has 0 bridgehead atoms. The molecule has 2 N–H and O–H groups in total. The quantitative estimate of drug-likeness (QED) is 0.827. The lowest BCUT2D eigenvalue weighted by molar-refractivity contribution is -0.138. The van der Waals surface area contributed by atoms with Crippen LogP contribution < -0.4 is 19.5 Å². The molecule has 0 radical (unpaired) electrons. The Labute approximate surface area is 138 Å². The Morgan fingerprint density at radius 1 is 1.12 bits per heavy atom. The monoisotopic (exact) mass is 336 g/mol. The van der Waals surface area contributed by atoms with Crippen LogP contribution in [0.2, 0.25) is 0 Å². The first-order chi connectivity index (χ1) is 11.3. The first-order valence-corrected chi connectivity index (χ1v) is 7.17. The van der Waals surface area contributed by atoms with Crippen LogP contribution in [0, 0.1) is 0 Å². The minimum Gasteiger partial charge on any atom is -0.493 e. The summed E-state index contributed by atoms with van der Waals surface area (Å²) in [6.45, 7) is 1.40. The highest BCUT2D eigenvalue weighted by atomic mass is 16.5. The van der Waals surface area contributed by atoms with Crippen LogP contribution in [-0.2, 0) is 11.8 Å². The van der Waals surface area contributed by atoms with Crippen LogP contribution in [0.25, 0.3) is 10.9 Å².